The molecule has 0 saturated carbocycles. The van der Waals surface area contributed by atoms with Gasteiger partial charge in [0.2, 0.25) is 0 Å². The van der Waals surface area contributed by atoms with E-state index in [0.29, 0.717) is 23.9 Å². The van der Waals surface area contributed by atoms with Crippen LogP contribution in [0.25, 0.3) is 0 Å². The molecule has 0 rings (SSSR count). The fraction of sp³-hybridized carbons (Fsp3) is 0.566. The van der Waals surface area contributed by atoms with E-state index in [1.54, 1.807) is 0 Å². The molecule has 0 aliphatic rings. The normalized spacial score (nSPS) is 13.9. The first-order valence-corrected chi connectivity index (χ1v) is 32.9. The van der Waals surface area contributed by atoms with Crippen LogP contribution in [0.4, 0.5) is 0 Å². The van der Waals surface area contributed by atoms with E-state index >= 15 is 0 Å². The molecular formula is C76H120NO8+. The number of esters is 2. The number of carbonyl (C=O) groups is 3. The highest BCUT2D eigenvalue weighted by Gasteiger charge is 2.25. The highest BCUT2D eigenvalue weighted by molar-refractivity contribution is 5.71. The van der Waals surface area contributed by atoms with Crippen molar-refractivity contribution >= 4 is 17.9 Å². The molecule has 0 aromatic heterocycles. The molecule has 0 heterocycles. The summed E-state index contributed by atoms with van der Waals surface area (Å²) in [6.07, 6.45) is 95.6. The molecule has 1 N–H and O–H groups in total. The molecule has 0 aliphatic heterocycles. The number of carboxylic acids is 1. The van der Waals surface area contributed by atoms with Crippen LogP contribution in [0.15, 0.2) is 182 Å². The molecule has 0 amide bonds. The van der Waals surface area contributed by atoms with Crippen LogP contribution in [0.5, 0.6) is 0 Å². The molecule has 9 nitrogen and oxygen atoms in total. The smallest absolute Gasteiger partial charge is 0.361 e. The van der Waals surface area contributed by atoms with Gasteiger partial charge >= 0.3 is 17.9 Å². The van der Waals surface area contributed by atoms with Crippen LogP contribution in [-0.4, -0.2) is 87.4 Å². The molecule has 0 spiro atoms. The number of carbonyl (C=O) groups excluding carboxylic acids is 2. The number of aliphatic carboxylic acids is 1. The fourth-order valence-corrected chi connectivity index (χ4v) is 8.12. The van der Waals surface area contributed by atoms with Crippen LogP contribution in [0, 0.1) is 0 Å². The molecule has 0 aliphatic carbocycles. The van der Waals surface area contributed by atoms with Crippen molar-refractivity contribution in [1.82, 2.24) is 0 Å². The molecule has 2 atom stereocenters. The third-order valence-corrected chi connectivity index (χ3v) is 13.1. The molecule has 0 bridgehead atoms. The van der Waals surface area contributed by atoms with Gasteiger partial charge in [0.15, 0.2) is 6.10 Å². The Bertz CT molecular complexity index is 2050. The first kappa shape index (κ1) is 79.4. The lowest BCUT2D eigenvalue weighted by atomic mass is 10.1. The van der Waals surface area contributed by atoms with E-state index in [4.69, 9.17) is 18.9 Å². The highest BCUT2D eigenvalue weighted by Crippen LogP contribution is 2.13. The SMILES string of the molecule is CC/C=C\C/C=C\C/C=C\C/C=C\C/C=C\C/C=C\C/C=C\C/C=C\C/C=C\C/C=C\C/C=C\C/C=C\CCCCC(=O)OC(COC(=O)CCCCCCCC/C=C\C/C=C\C/C=C\CCCCCCC)COC(OCC[N+](C)(C)C)C(=O)O. The maximum atomic E-state index is 12.9. The largest absolute Gasteiger partial charge is 0.477 e. The second-order valence-corrected chi connectivity index (χ2v) is 22.3. The standard InChI is InChI=1S/C76H119NO8/c1-6-8-10-12-14-16-18-20-22-24-26-28-29-30-31-32-33-34-35-36-37-38-39-40-41-42-43-44-45-47-49-51-53-55-57-59-61-63-65-67-74(79)85-72(71-84-76(75(80)81)82-69-68-77(3,4)5)70-83-73(78)66-64-62-60-58-56-54-52-50-48-46-27-25-23-21-19-17-15-13-11-9-7-2/h8,10,14,16,19-22,25-28,30-31,33-34,36-37,39-40,42-43,45,47-48,50-51,53,57,59,72,76H,6-7,9,11-13,15,17-18,23-24,29,32,35,38,41,44,46,49,52,54-56,58,60-71H2,1-5H3/p+1/b10-8-,16-14-,21-19-,22-20-,27-25-,28-26-,31-30-,34-33-,37-36-,40-39-,43-42-,47-45-,50-48-,53-51-,59-57-. The number of quaternary nitrogens is 1. The van der Waals surface area contributed by atoms with Gasteiger partial charge in [-0.3, -0.25) is 9.59 Å². The zero-order chi connectivity index (χ0) is 61.9. The Morgan fingerprint density at radius 1 is 0.365 bits per heavy atom. The second kappa shape index (κ2) is 64.4. The molecule has 0 radical (unpaired) electrons. The van der Waals surface area contributed by atoms with E-state index in [1.165, 1.54) is 38.5 Å². The minimum Gasteiger partial charge on any atom is -0.477 e. The van der Waals surface area contributed by atoms with Gasteiger partial charge in [-0.15, -0.1) is 0 Å². The minimum absolute atomic E-state index is 0.166. The first-order valence-electron chi connectivity index (χ1n) is 32.9. The lowest BCUT2D eigenvalue weighted by Crippen LogP contribution is -2.40. The number of likely N-dealkylation sites (N-methyl/N-ethyl adjacent to an activating group) is 1. The van der Waals surface area contributed by atoms with Crippen molar-refractivity contribution < 1.29 is 42.9 Å². The molecular weight excluding hydrogens is 1050 g/mol. The third-order valence-electron chi connectivity index (χ3n) is 13.1. The Morgan fingerprint density at radius 2 is 0.671 bits per heavy atom. The van der Waals surface area contributed by atoms with E-state index < -0.39 is 24.3 Å². The summed E-state index contributed by atoms with van der Waals surface area (Å²) in [5, 5.41) is 9.72. The topological polar surface area (TPSA) is 108 Å². The van der Waals surface area contributed by atoms with Crippen LogP contribution in [0.2, 0.25) is 0 Å². The van der Waals surface area contributed by atoms with Crippen molar-refractivity contribution in [2.75, 3.05) is 47.5 Å². The predicted molar refractivity (Wildman–Crippen MR) is 363 cm³/mol. The van der Waals surface area contributed by atoms with Crippen molar-refractivity contribution in [3.05, 3.63) is 182 Å². The zero-order valence-corrected chi connectivity index (χ0v) is 54.2. The number of unbranched alkanes of at least 4 members (excludes halogenated alkanes) is 13. The van der Waals surface area contributed by atoms with Crippen molar-refractivity contribution in [3.8, 4) is 0 Å². The van der Waals surface area contributed by atoms with Crippen molar-refractivity contribution in [1.29, 1.82) is 0 Å². The van der Waals surface area contributed by atoms with Crippen LogP contribution in [-0.2, 0) is 33.3 Å². The molecule has 9 heteroatoms. The van der Waals surface area contributed by atoms with Crippen LogP contribution in [0.1, 0.15) is 219 Å². The third kappa shape index (κ3) is 65.8. The Kier molecular flexibility index (Phi) is 60.1. The molecule has 0 saturated heterocycles. The molecule has 0 aromatic carbocycles. The Balaban J connectivity index is 4.34. The summed E-state index contributed by atoms with van der Waals surface area (Å²) < 4.78 is 22.8. The van der Waals surface area contributed by atoms with Crippen molar-refractivity contribution in [3.63, 3.8) is 0 Å². The number of carboxylic acid groups (broad SMARTS) is 1. The van der Waals surface area contributed by atoms with E-state index in [9.17, 15) is 19.5 Å². The number of nitrogens with zero attached hydrogens (tertiary/aromatic N) is 1. The second-order valence-electron chi connectivity index (χ2n) is 22.3. The van der Waals surface area contributed by atoms with Crippen molar-refractivity contribution in [2.24, 2.45) is 0 Å². The summed E-state index contributed by atoms with van der Waals surface area (Å²) in [6.45, 7) is 4.66. The number of ether oxygens (including phenoxy) is 4. The lowest BCUT2D eigenvalue weighted by molar-refractivity contribution is -0.870. The number of allylic oxidation sites excluding steroid dienone is 30. The molecule has 85 heavy (non-hydrogen) atoms. The van der Waals surface area contributed by atoms with Gasteiger partial charge in [0.1, 0.15) is 13.2 Å². The number of hydrogen-bond acceptors (Lipinski definition) is 7. The number of hydrogen-bond donors (Lipinski definition) is 1. The summed E-state index contributed by atoms with van der Waals surface area (Å²) >= 11 is 0. The highest BCUT2D eigenvalue weighted by atomic mass is 16.7. The summed E-state index contributed by atoms with van der Waals surface area (Å²) in [4.78, 5) is 37.5. The predicted octanol–water partition coefficient (Wildman–Crippen LogP) is 20.5. The van der Waals surface area contributed by atoms with Gasteiger partial charge in [-0.25, -0.2) is 4.79 Å². The summed E-state index contributed by atoms with van der Waals surface area (Å²) in [5.74, 6) is -2.11. The van der Waals surface area contributed by atoms with Gasteiger partial charge in [0, 0.05) is 12.8 Å². The van der Waals surface area contributed by atoms with E-state index in [2.05, 4.69) is 196 Å². The number of rotatable bonds is 58. The maximum Gasteiger partial charge on any atom is 0.361 e. The van der Waals surface area contributed by atoms with Crippen LogP contribution in [0.3, 0.4) is 0 Å². The summed E-state index contributed by atoms with van der Waals surface area (Å²) in [5.41, 5.74) is 0. The van der Waals surface area contributed by atoms with Gasteiger partial charge in [-0.2, -0.15) is 0 Å². The first-order chi connectivity index (χ1) is 41.6. The van der Waals surface area contributed by atoms with Gasteiger partial charge in [0.05, 0.1) is 34.4 Å². The maximum absolute atomic E-state index is 12.9. The van der Waals surface area contributed by atoms with Crippen molar-refractivity contribution in [2.45, 2.75) is 232 Å². The van der Waals surface area contributed by atoms with Gasteiger partial charge in [0.25, 0.3) is 6.29 Å². The quantitative estimate of drug-likeness (QED) is 0.0211. The molecule has 0 aromatic rings. The summed E-state index contributed by atoms with van der Waals surface area (Å²) in [7, 11) is 5.94. The summed E-state index contributed by atoms with van der Waals surface area (Å²) in [6, 6.07) is 0. The molecule has 2 unspecified atom stereocenters. The lowest BCUT2D eigenvalue weighted by Gasteiger charge is -2.25. The van der Waals surface area contributed by atoms with Crippen LogP contribution >= 0.6 is 0 Å². The Morgan fingerprint density at radius 3 is 1.02 bits per heavy atom. The van der Waals surface area contributed by atoms with Gasteiger partial charge in [-0.05, 0) is 141 Å². The Hall–Kier alpha value is -5.61. The zero-order valence-electron chi connectivity index (χ0n) is 54.2. The van der Waals surface area contributed by atoms with Crippen LogP contribution < -0.4 is 0 Å². The average molecular weight is 1180 g/mol. The molecule has 476 valence electrons. The van der Waals surface area contributed by atoms with Gasteiger partial charge < -0.3 is 28.5 Å². The van der Waals surface area contributed by atoms with E-state index in [0.717, 1.165) is 141 Å². The fourth-order valence-electron chi connectivity index (χ4n) is 8.12. The average Bonchev–Trinajstić information content (AvgIpc) is 3.49. The van der Waals surface area contributed by atoms with E-state index in [1.807, 2.05) is 21.1 Å². The monoisotopic (exact) mass is 1170 g/mol. The van der Waals surface area contributed by atoms with E-state index in [-0.39, 0.29) is 38.6 Å². The Labute approximate surface area is 519 Å². The minimum atomic E-state index is -1.54. The molecule has 0 fully saturated rings. The van der Waals surface area contributed by atoms with Gasteiger partial charge in [-0.1, -0.05) is 247 Å².